The number of nitrogens with zero attached hydrogens (tertiary/aromatic N) is 5. The molecular formula is C15H23N5O3. The SMILES string of the molecule is COc1nc(OC)nc(N2CCCC(N(C)C(=O)C3CC3)C2)n1. The Labute approximate surface area is 135 Å². The molecule has 2 heterocycles. The van der Waals surface area contributed by atoms with Gasteiger partial charge in [-0.1, -0.05) is 0 Å². The highest BCUT2D eigenvalue weighted by atomic mass is 16.5. The Balaban J connectivity index is 1.74. The Kier molecular flexibility index (Phi) is 4.49. The molecule has 1 saturated carbocycles. The maximum atomic E-state index is 12.3. The number of aromatic nitrogens is 3. The van der Waals surface area contributed by atoms with Gasteiger partial charge >= 0.3 is 12.0 Å². The molecule has 1 aliphatic carbocycles. The minimum absolute atomic E-state index is 0.186. The van der Waals surface area contributed by atoms with Crippen molar-refractivity contribution in [2.75, 3.05) is 39.3 Å². The number of hydrogen-bond acceptors (Lipinski definition) is 7. The first kappa shape index (κ1) is 15.8. The van der Waals surface area contributed by atoms with Gasteiger partial charge in [0.25, 0.3) is 0 Å². The number of ether oxygens (including phenoxy) is 2. The summed E-state index contributed by atoms with van der Waals surface area (Å²) in [6.45, 7) is 1.56. The molecule has 0 bridgehead atoms. The van der Waals surface area contributed by atoms with E-state index in [0.717, 1.165) is 32.2 Å². The van der Waals surface area contributed by atoms with Gasteiger partial charge in [0.1, 0.15) is 0 Å². The van der Waals surface area contributed by atoms with Crippen LogP contribution in [-0.2, 0) is 4.79 Å². The molecule has 1 saturated heterocycles. The molecule has 1 aliphatic heterocycles. The Morgan fingerprint density at radius 3 is 2.35 bits per heavy atom. The summed E-state index contributed by atoms with van der Waals surface area (Å²) in [4.78, 5) is 28.9. The van der Waals surface area contributed by atoms with E-state index in [-0.39, 0.29) is 29.9 Å². The number of carbonyl (C=O) groups is 1. The van der Waals surface area contributed by atoms with Crippen LogP contribution >= 0.6 is 0 Å². The van der Waals surface area contributed by atoms with Gasteiger partial charge in [0.2, 0.25) is 11.9 Å². The van der Waals surface area contributed by atoms with Gasteiger partial charge < -0.3 is 19.3 Å². The van der Waals surface area contributed by atoms with Crippen LogP contribution < -0.4 is 14.4 Å². The number of hydrogen-bond donors (Lipinski definition) is 0. The van der Waals surface area contributed by atoms with Crippen molar-refractivity contribution in [1.82, 2.24) is 19.9 Å². The average molecular weight is 321 g/mol. The second kappa shape index (κ2) is 6.55. The van der Waals surface area contributed by atoms with Crippen molar-refractivity contribution in [1.29, 1.82) is 0 Å². The highest BCUT2D eigenvalue weighted by molar-refractivity contribution is 5.81. The number of methoxy groups -OCH3 is 2. The predicted molar refractivity (Wildman–Crippen MR) is 83.7 cm³/mol. The lowest BCUT2D eigenvalue weighted by Crippen LogP contribution is -2.49. The van der Waals surface area contributed by atoms with Crippen molar-refractivity contribution in [2.24, 2.45) is 5.92 Å². The molecule has 23 heavy (non-hydrogen) atoms. The van der Waals surface area contributed by atoms with Crippen LogP contribution in [0.4, 0.5) is 5.95 Å². The minimum atomic E-state index is 0.186. The van der Waals surface area contributed by atoms with Crippen LogP contribution in [0.1, 0.15) is 25.7 Å². The molecule has 8 heteroatoms. The van der Waals surface area contributed by atoms with Crippen LogP contribution in [0.5, 0.6) is 12.0 Å². The smallest absolute Gasteiger partial charge is 0.324 e. The molecule has 1 atom stereocenters. The summed E-state index contributed by atoms with van der Waals surface area (Å²) in [6, 6.07) is 0.651. The topological polar surface area (TPSA) is 80.7 Å². The molecule has 8 nitrogen and oxygen atoms in total. The second-order valence-corrected chi connectivity index (χ2v) is 6.07. The zero-order valence-corrected chi connectivity index (χ0v) is 13.9. The molecular weight excluding hydrogens is 298 g/mol. The van der Waals surface area contributed by atoms with Gasteiger partial charge in [-0.25, -0.2) is 0 Å². The number of piperidine rings is 1. The first-order chi connectivity index (χ1) is 11.1. The van der Waals surface area contributed by atoms with E-state index < -0.39 is 0 Å². The summed E-state index contributed by atoms with van der Waals surface area (Å²) in [5, 5.41) is 0. The van der Waals surface area contributed by atoms with E-state index in [9.17, 15) is 4.79 Å². The molecule has 1 aromatic rings. The van der Waals surface area contributed by atoms with Crippen LogP contribution in [0, 0.1) is 5.92 Å². The second-order valence-electron chi connectivity index (χ2n) is 6.07. The summed E-state index contributed by atoms with van der Waals surface area (Å²) in [7, 11) is 4.93. The zero-order valence-electron chi connectivity index (χ0n) is 13.9. The third-order valence-corrected chi connectivity index (χ3v) is 4.45. The highest BCUT2D eigenvalue weighted by Crippen LogP contribution is 2.32. The van der Waals surface area contributed by atoms with Gasteiger partial charge in [-0.05, 0) is 25.7 Å². The lowest BCUT2D eigenvalue weighted by molar-refractivity contribution is -0.133. The van der Waals surface area contributed by atoms with Crippen LogP contribution in [0.3, 0.4) is 0 Å². The summed E-state index contributed by atoms with van der Waals surface area (Å²) >= 11 is 0. The van der Waals surface area contributed by atoms with Crippen LogP contribution in [-0.4, -0.2) is 66.2 Å². The lowest BCUT2D eigenvalue weighted by atomic mass is 10.0. The molecule has 0 N–H and O–H groups in total. The lowest BCUT2D eigenvalue weighted by Gasteiger charge is -2.37. The quantitative estimate of drug-likeness (QED) is 0.790. The highest BCUT2D eigenvalue weighted by Gasteiger charge is 2.36. The molecule has 0 spiro atoms. The number of rotatable bonds is 5. The van der Waals surface area contributed by atoms with Crippen LogP contribution in [0.2, 0.25) is 0 Å². The number of anilines is 1. The molecule has 2 aliphatic rings. The Hall–Kier alpha value is -2.12. The Morgan fingerprint density at radius 1 is 1.13 bits per heavy atom. The number of amides is 1. The van der Waals surface area contributed by atoms with Crippen molar-refractivity contribution >= 4 is 11.9 Å². The van der Waals surface area contributed by atoms with Gasteiger partial charge in [0.05, 0.1) is 14.2 Å². The Morgan fingerprint density at radius 2 is 1.78 bits per heavy atom. The van der Waals surface area contributed by atoms with Gasteiger partial charge in [-0.2, -0.15) is 9.97 Å². The zero-order chi connectivity index (χ0) is 16.4. The van der Waals surface area contributed by atoms with Gasteiger partial charge in [-0.3, -0.25) is 4.79 Å². The molecule has 0 radical (unpaired) electrons. The maximum Gasteiger partial charge on any atom is 0.324 e. The molecule has 2 fully saturated rings. The molecule has 0 aromatic carbocycles. The third-order valence-electron chi connectivity index (χ3n) is 4.45. The summed E-state index contributed by atoms with van der Waals surface area (Å²) < 4.78 is 10.2. The minimum Gasteiger partial charge on any atom is -0.467 e. The molecule has 3 rings (SSSR count). The van der Waals surface area contributed by atoms with E-state index in [1.807, 2.05) is 11.9 Å². The first-order valence-electron chi connectivity index (χ1n) is 7.98. The number of likely N-dealkylation sites (N-methyl/N-ethyl adjacent to an activating group) is 1. The van der Waals surface area contributed by atoms with E-state index in [2.05, 4.69) is 19.9 Å². The van der Waals surface area contributed by atoms with E-state index >= 15 is 0 Å². The van der Waals surface area contributed by atoms with Crippen molar-refractivity contribution in [3.8, 4) is 12.0 Å². The van der Waals surface area contributed by atoms with Crippen molar-refractivity contribution < 1.29 is 14.3 Å². The summed E-state index contributed by atoms with van der Waals surface area (Å²) in [5.74, 6) is 1.04. The number of carbonyl (C=O) groups excluding carboxylic acids is 1. The van der Waals surface area contributed by atoms with Crippen LogP contribution in [0.15, 0.2) is 0 Å². The van der Waals surface area contributed by atoms with Crippen molar-refractivity contribution in [3.05, 3.63) is 0 Å². The maximum absolute atomic E-state index is 12.3. The standard InChI is InChI=1S/C15H23N5O3/c1-19(12(21)10-6-7-10)11-5-4-8-20(9-11)13-16-14(22-2)18-15(17-13)23-3/h10-11H,4-9H2,1-3H3. The Bertz CT molecular complexity index is 556. The fourth-order valence-corrected chi connectivity index (χ4v) is 2.90. The third kappa shape index (κ3) is 3.46. The predicted octanol–water partition coefficient (Wildman–Crippen LogP) is 0.726. The van der Waals surface area contributed by atoms with E-state index in [0.29, 0.717) is 12.5 Å². The molecule has 1 unspecified atom stereocenters. The summed E-state index contributed by atoms with van der Waals surface area (Å²) in [5.41, 5.74) is 0. The van der Waals surface area contributed by atoms with E-state index in [1.54, 1.807) is 0 Å². The fraction of sp³-hybridized carbons (Fsp3) is 0.733. The largest absolute Gasteiger partial charge is 0.467 e. The van der Waals surface area contributed by atoms with Gasteiger partial charge in [0, 0.05) is 32.1 Å². The molecule has 126 valence electrons. The van der Waals surface area contributed by atoms with Gasteiger partial charge in [0.15, 0.2) is 0 Å². The monoisotopic (exact) mass is 321 g/mol. The molecule has 1 amide bonds. The van der Waals surface area contributed by atoms with E-state index in [1.165, 1.54) is 14.2 Å². The van der Waals surface area contributed by atoms with Crippen molar-refractivity contribution in [3.63, 3.8) is 0 Å². The van der Waals surface area contributed by atoms with Gasteiger partial charge in [-0.15, -0.1) is 4.98 Å². The summed E-state index contributed by atoms with van der Waals surface area (Å²) in [6.07, 6.45) is 4.05. The normalized spacial score (nSPS) is 21.0. The average Bonchev–Trinajstić information content (AvgIpc) is 3.45. The van der Waals surface area contributed by atoms with Crippen molar-refractivity contribution in [2.45, 2.75) is 31.7 Å². The van der Waals surface area contributed by atoms with Crippen LogP contribution in [0.25, 0.3) is 0 Å². The van der Waals surface area contributed by atoms with E-state index in [4.69, 9.17) is 9.47 Å². The molecule has 1 aromatic heterocycles. The first-order valence-corrected chi connectivity index (χ1v) is 7.98. The fourth-order valence-electron chi connectivity index (χ4n) is 2.90.